The standard InChI is InChI=1S/C19H28N2O/c1-2-12-21-13-9-16(15-21)14-20-18(22)19(10-6-11-19)17-7-4-3-5-8-17/h3-5,7-8,16H,2,6,9-15H2,1H3,(H,20,22)/t16-/m0/s1. The second-order valence-corrected chi connectivity index (χ2v) is 6.97. The molecule has 1 aliphatic carbocycles. The van der Waals surface area contributed by atoms with E-state index in [1.807, 2.05) is 18.2 Å². The summed E-state index contributed by atoms with van der Waals surface area (Å²) < 4.78 is 0. The third-order valence-corrected chi connectivity index (χ3v) is 5.43. The summed E-state index contributed by atoms with van der Waals surface area (Å²) >= 11 is 0. The Morgan fingerprint density at radius 3 is 2.73 bits per heavy atom. The molecule has 3 nitrogen and oxygen atoms in total. The van der Waals surface area contributed by atoms with Crippen molar-refractivity contribution in [3.05, 3.63) is 35.9 Å². The lowest BCUT2D eigenvalue weighted by molar-refractivity contribution is -0.130. The van der Waals surface area contributed by atoms with Crippen LogP contribution in [0.5, 0.6) is 0 Å². The lowest BCUT2D eigenvalue weighted by Crippen LogP contribution is -2.50. The Hall–Kier alpha value is -1.35. The summed E-state index contributed by atoms with van der Waals surface area (Å²) in [7, 11) is 0. The largest absolute Gasteiger partial charge is 0.355 e. The van der Waals surface area contributed by atoms with Crippen molar-refractivity contribution < 1.29 is 4.79 Å². The fraction of sp³-hybridized carbons (Fsp3) is 0.632. The molecule has 0 aromatic heterocycles. The minimum Gasteiger partial charge on any atom is -0.355 e. The van der Waals surface area contributed by atoms with Crippen molar-refractivity contribution in [2.24, 2.45) is 5.92 Å². The first-order valence-corrected chi connectivity index (χ1v) is 8.81. The summed E-state index contributed by atoms with van der Waals surface area (Å²) in [6.07, 6.45) is 5.59. The van der Waals surface area contributed by atoms with Crippen LogP contribution >= 0.6 is 0 Å². The van der Waals surface area contributed by atoms with E-state index in [1.165, 1.54) is 31.5 Å². The van der Waals surface area contributed by atoms with Gasteiger partial charge >= 0.3 is 0 Å². The molecule has 3 heteroatoms. The predicted molar refractivity (Wildman–Crippen MR) is 89.8 cm³/mol. The van der Waals surface area contributed by atoms with Gasteiger partial charge in [-0.2, -0.15) is 0 Å². The molecule has 1 saturated heterocycles. The van der Waals surface area contributed by atoms with E-state index in [-0.39, 0.29) is 11.3 Å². The zero-order valence-corrected chi connectivity index (χ0v) is 13.7. The van der Waals surface area contributed by atoms with Crippen molar-refractivity contribution >= 4 is 5.91 Å². The molecule has 2 fully saturated rings. The number of benzene rings is 1. The average molecular weight is 300 g/mol. The number of rotatable bonds is 6. The highest BCUT2D eigenvalue weighted by molar-refractivity contribution is 5.89. The van der Waals surface area contributed by atoms with E-state index < -0.39 is 0 Å². The molecule has 3 rings (SSSR count). The van der Waals surface area contributed by atoms with E-state index in [9.17, 15) is 4.79 Å². The van der Waals surface area contributed by atoms with Crippen LogP contribution in [0.3, 0.4) is 0 Å². The SMILES string of the molecule is CCCN1CC[C@@H](CNC(=O)C2(c3ccccc3)CCC2)C1. The first-order chi connectivity index (χ1) is 10.7. The Morgan fingerprint density at radius 1 is 1.32 bits per heavy atom. The molecule has 0 radical (unpaired) electrons. The third kappa shape index (κ3) is 3.05. The van der Waals surface area contributed by atoms with Crippen LogP contribution in [0.15, 0.2) is 30.3 Å². The smallest absolute Gasteiger partial charge is 0.230 e. The van der Waals surface area contributed by atoms with Crippen LogP contribution in [0, 0.1) is 5.92 Å². The van der Waals surface area contributed by atoms with Gasteiger partial charge in [0.1, 0.15) is 0 Å². The summed E-state index contributed by atoms with van der Waals surface area (Å²) in [6, 6.07) is 10.3. The second-order valence-electron chi connectivity index (χ2n) is 6.97. The van der Waals surface area contributed by atoms with Crippen molar-refractivity contribution in [1.29, 1.82) is 0 Å². The molecular weight excluding hydrogens is 272 g/mol. The van der Waals surface area contributed by atoms with Crippen LogP contribution in [-0.2, 0) is 10.2 Å². The summed E-state index contributed by atoms with van der Waals surface area (Å²) in [5.74, 6) is 0.877. The Bertz CT molecular complexity index is 495. The van der Waals surface area contributed by atoms with Crippen LogP contribution in [0.25, 0.3) is 0 Å². The number of likely N-dealkylation sites (tertiary alicyclic amines) is 1. The quantitative estimate of drug-likeness (QED) is 0.876. The summed E-state index contributed by atoms with van der Waals surface area (Å²) in [6.45, 7) is 6.60. The van der Waals surface area contributed by atoms with E-state index >= 15 is 0 Å². The lowest BCUT2D eigenvalue weighted by Gasteiger charge is -2.41. The number of amides is 1. The van der Waals surface area contributed by atoms with Crippen molar-refractivity contribution in [2.75, 3.05) is 26.2 Å². The van der Waals surface area contributed by atoms with Crippen LogP contribution in [0.2, 0.25) is 0 Å². The summed E-state index contributed by atoms with van der Waals surface area (Å²) in [5.41, 5.74) is 0.945. The summed E-state index contributed by atoms with van der Waals surface area (Å²) in [4.78, 5) is 15.3. The molecule has 22 heavy (non-hydrogen) atoms. The number of carbonyl (C=O) groups excluding carboxylic acids is 1. The molecule has 1 aliphatic heterocycles. The van der Waals surface area contributed by atoms with Gasteiger partial charge in [0.15, 0.2) is 0 Å². The molecule has 1 aromatic rings. The Kier molecular flexibility index (Phi) is 4.82. The normalized spacial score (nSPS) is 24.0. The van der Waals surface area contributed by atoms with Crippen molar-refractivity contribution in [3.8, 4) is 0 Å². The van der Waals surface area contributed by atoms with Gasteiger partial charge < -0.3 is 10.2 Å². The highest BCUT2D eigenvalue weighted by Gasteiger charge is 2.45. The minimum absolute atomic E-state index is 0.247. The molecule has 1 saturated carbocycles. The van der Waals surface area contributed by atoms with E-state index in [0.29, 0.717) is 5.92 Å². The topological polar surface area (TPSA) is 32.3 Å². The highest BCUT2D eigenvalue weighted by atomic mass is 16.2. The molecule has 0 bridgehead atoms. The number of nitrogens with zero attached hydrogens (tertiary/aromatic N) is 1. The van der Waals surface area contributed by atoms with Crippen LogP contribution < -0.4 is 5.32 Å². The Morgan fingerprint density at radius 2 is 2.09 bits per heavy atom. The van der Waals surface area contributed by atoms with E-state index in [4.69, 9.17) is 0 Å². The van der Waals surface area contributed by atoms with Crippen molar-refractivity contribution in [3.63, 3.8) is 0 Å². The number of hydrogen-bond acceptors (Lipinski definition) is 2. The molecule has 1 amide bonds. The molecule has 120 valence electrons. The Balaban J connectivity index is 1.55. The molecule has 0 unspecified atom stereocenters. The van der Waals surface area contributed by atoms with Crippen molar-refractivity contribution in [2.45, 2.75) is 44.4 Å². The van der Waals surface area contributed by atoms with Gasteiger partial charge in [0.25, 0.3) is 0 Å². The van der Waals surface area contributed by atoms with Gasteiger partial charge in [0.2, 0.25) is 5.91 Å². The number of hydrogen-bond donors (Lipinski definition) is 1. The van der Waals surface area contributed by atoms with Gasteiger partial charge in [-0.3, -0.25) is 4.79 Å². The number of carbonyl (C=O) groups is 1. The maximum atomic E-state index is 12.8. The van der Waals surface area contributed by atoms with Gasteiger partial charge in [-0.05, 0) is 50.3 Å². The highest BCUT2D eigenvalue weighted by Crippen LogP contribution is 2.43. The van der Waals surface area contributed by atoms with Crippen LogP contribution in [0.1, 0.15) is 44.6 Å². The van der Waals surface area contributed by atoms with E-state index in [2.05, 4.69) is 29.3 Å². The maximum Gasteiger partial charge on any atom is 0.230 e. The first kappa shape index (κ1) is 15.5. The van der Waals surface area contributed by atoms with Gasteiger partial charge in [-0.25, -0.2) is 0 Å². The molecule has 1 heterocycles. The molecule has 2 aliphatic rings. The van der Waals surface area contributed by atoms with Gasteiger partial charge in [-0.1, -0.05) is 43.7 Å². The fourth-order valence-electron chi connectivity index (χ4n) is 3.94. The average Bonchev–Trinajstić information content (AvgIpc) is 2.93. The molecular formula is C19H28N2O. The molecule has 1 atom stereocenters. The summed E-state index contributed by atoms with van der Waals surface area (Å²) in [5, 5.41) is 3.26. The zero-order valence-electron chi connectivity index (χ0n) is 13.7. The van der Waals surface area contributed by atoms with Gasteiger partial charge in [0.05, 0.1) is 5.41 Å². The van der Waals surface area contributed by atoms with Gasteiger partial charge in [-0.15, -0.1) is 0 Å². The van der Waals surface area contributed by atoms with Crippen LogP contribution in [-0.4, -0.2) is 37.0 Å². The third-order valence-electron chi connectivity index (χ3n) is 5.43. The van der Waals surface area contributed by atoms with E-state index in [0.717, 1.165) is 32.4 Å². The van der Waals surface area contributed by atoms with E-state index in [1.54, 1.807) is 0 Å². The zero-order chi connectivity index (χ0) is 15.4. The lowest BCUT2D eigenvalue weighted by atomic mass is 9.64. The van der Waals surface area contributed by atoms with Crippen molar-refractivity contribution in [1.82, 2.24) is 10.2 Å². The predicted octanol–water partition coefficient (Wildman–Crippen LogP) is 2.96. The molecule has 1 aromatic carbocycles. The fourth-order valence-corrected chi connectivity index (χ4v) is 3.94. The maximum absolute atomic E-state index is 12.8. The molecule has 1 N–H and O–H groups in total. The van der Waals surface area contributed by atoms with Crippen LogP contribution in [0.4, 0.5) is 0 Å². The molecule has 0 spiro atoms. The monoisotopic (exact) mass is 300 g/mol. The Labute approximate surface area is 134 Å². The number of nitrogens with one attached hydrogen (secondary N) is 1. The minimum atomic E-state index is -0.247. The first-order valence-electron chi connectivity index (χ1n) is 8.81. The van der Waals surface area contributed by atoms with Gasteiger partial charge in [0, 0.05) is 13.1 Å². The second kappa shape index (κ2) is 6.82.